The molecule has 3 N–H and O–H groups in total. The summed E-state index contributed by atoms with van der Waals surface area (Å²) in [5.74, 6) is -0.155. The minimum absolute atomic E-state index is 0.125. The Balaban J connectivity index is 1.80. The smallest absolute Gasteiger partial charge is 0.273 e. The molecule has 3 aromatic rings. The van der Waals surface area contributed by atoms with Gasteiger partial charge in [-0.25, -0.2) is 0 Å². The van der Waals surface area contributed by atoms with Crippen LogP contribution in [0, 0.1) is 6.92 Å². The average Bonchev–Trinajstić information content (AvgIpc) is 3.00. The summed E-state index contributed by atoms with van der Waals surface area (Å²) in [6, 6.07) is 16.0. The van der Waals surface area contributed by atoms with Crippen molar-refractivity contribution in [3.05, 3.63) is 65.9 Å². The molecular formula is C17H15N3O2. The number of nitrogens with zero attached hydrogens (tertiary/aromatic N) is 1. The highest BCUT2D eigenvalue weighted by Gasteiger charge is 2.13. The highest BCUT2D eigenvalue weighted by molar-refractivity contribution is 6.03. The lowest BCUT2D eigenvalue weighted by Crippen LogP contribution is -2.12. The van der Waals surface area contributed by atoms with E-state index in [2.05, 4.69) is 15.5 Å². The van der Waals surface area contributed by atoms with E-state index in [9.17, 15) is 9.90 Å². The van der Waals surface area contributed by atoms with Crippen LogP contribution in [0.3, 0.4) is 0 Å². The van der Waals surface area contributed by atoms with Gasteiger partial charge in [0.05, 0.1) is 5.69 Å². The second-order valence-electron chi connectivity index (χ2n) is 5.00. The highest BCUT2D eigenvalue weighted by Crippen LogP contribution is 2.27. The SMILES string of the molecule is Cc1ccc(NC(=O)c2cc(-c3ccccc3O)n[nH]2)cc1. The summed E-state index contributed by atoms with van der Waals surface area (Å²) in [7, 11) is 0. The zero-order chi connectivity index (χ0) is 15.5. The monoisotopic (exact) mass is 293 g/mol. The number of amides is 1. The van der Waals surface area contributed by atoms with Gasteiger partial charge in [-0.3, -0.25) is 9.89 Å². The van der Waals surface area contributed by atoms with E-state index in [1.165, 1.54) is 0 Å². The van der Waals surface area contributed by atoms with Gasteiger partial charge in [-0.15, -0.1) is 0 Å². The molecule has 5 heteroatoms. The summed E-state index contributed by atoms with van der Waals surface area (Å²) in [6.45, 7) is 1.99. The lowest BCUT2D eigenvalue weighted by atomic mass is 10.1. The molecule has 0 aliphatic carbocycles. The van der Waals surface area contributed by atoms with Gasteiger partial charge in [-0.1, -0.05) is 29.8 Å². The minimum Gasteiger partial charge on any atom is -0.507 e. The van der Waals surface area contributed by atoms with Crippen LogP contribution in [-0.2, 0) is 0 Å². The third kappa shape index (κ3) is 2.83. The van der Waals surface area contributed by atoms with Crippen molar-refractivity contribution in [1.82, 2.24) is 10.2 Å². The second-order valence-corrected chi connectivity index (χ2v) is 5.00. The van der Waals surface area contributed by atoms with Gasteiger partial charge < -0.3 is 10.4 Å². The van der Waals surface area contributed by atoms with Gasteiger partial charge in [0, 0.05) is 11.3 Å². The maximum Gasteiger partial charge on any atom is 0.273 e. The Bertz CT molecular complexity index is 807. The largest absolute Gasteiger partial charge is 0.507 e. The number of phenolic OH excluding ortho intramolecular Hbond substituents is 1. The number of anilines is 1. The fourth-order valence-electron chi connectivity index (χ4n) is 2.10. The molecule has 0 saturated carbocycles. The molecule has 0 atom stereocenters. The lowest BCUT2D eigenvalue weighted by molar-refractivity contribution is 0.102. The highest BCUT2D eigenvalue weighted by atomic mass is 16.3. The van der Waals surface area contributed by atoms with E-state index in [0.717, 1.165) is 5.56 Å². The fourth-order valence-corrected chi connectivity index (χ4v) is 2.10. The number of benzene rings is 2. The van der Waals surface area contributed by atoms with Gasteiger partial charge in [-0.05, 0) is 37.3 Å². The van der Waals surface area contributed by atoms with Crippen LogP contribution in [-0.4, -0.2) is 21.2 Å². The van der Waals surface area contributed by atoms with E-state index < -0.39 is 0 Å². The summed E-state index contributed by atoms with van der Waals surface area (Å²) in [6.07, 6.45) is 0. The number of aromatic nitrogens is 2. The molecule has 22 heavy (non-hydrogen) atoms. The van der Waals surface area contributed by atoms with E-state index in [1.54, 1.807) is 30.3 Å². The van der Waals surface area contributed by atoms with E-state index in [0.29, 0.717) is 22.6 Å². The summed E-state index contributed by atoms with van der Waals surface area (Å²) in [4.78, 5) is 12.2. The number of carbonyl (C=O) groups is 1. The second kappa shape index (κ2) is 5.73. The van der Waals surface area contributed by atoms with Gasteiger partial charge in [0.25, 0.3) is 5.91 Å². The van der Waals surface area contributed by atoms with Crippen LogP contribution in [0.2, 0.25) is 0 Å². The molecule has 1 amide bonds. The molecule has 0 saturated heterocycles. The number of aromatic hydroxyl groups is 1. The number of phenols is 1. The first-order valence-corrected chi connectivity index (χ1v) is 6.85. The third-order valence-electron chi connectivity index (χ3n) is 3.31. The van der Waals surface area contributed by atoms with Crippen LogP contribution in [0.5, 0.6) is 5.75 Å². The Kier molecular flexibility index (Phi) is 3.62. The Hall–Kier alpha value is -3.08. The molecule has 0 unspecified atom stereocenters. The van der Waals surface area contributed by atoms with E-state index in [1.807, 2.05) is 31.2 Å². The van der Waals surface area contributed by atoms with E-state index in [4.69, 9.17) is 0 Å². The van der Waals surface area contributed by atoms with Crippen molar-refractivity contribution in [3.63, 3.8) is 0 Å². The Labute approximate surface area is 127 Å². The van der Waals surface area contributed by atoms with Crippen molar-refractivity contribution in [2.24, 2.45) is 0 Å². The number of nitrogens with one attached hydrogen (secondary N) is 2. The van der Waals surface area contributed by atoms with Crippen molar-refractivity contribution >= 4 is 11.6 Å². The normalized spacial score (nSPS) is 10.4. The number of H-pyrrole nitrogens is 1. The molecule has 0 fully saturated rings. The molecule has 2 aromatic carbocycles. The topological polar surface area (TPSA) is 78.0 Å². The Morgan fingerprint density at radius 2 is 1.86 bits per heavy atom. The molecule has 110 valence electrons. The summed E-state index contributed by atoms with van der Waals surface area (Å²) in [5.41, 5.74) is 3.27. The number of hydrogen-bond donors (Lipinski definition) is 3. The quantitative estimate of drug-likeness (QED) is 0.693. The maximum atomic E-state index is 12.2. The third-order valence-corrected chi connectivity index (χ3v) is 3.31. The zero-order valence-corrected chi connectivity index (χ0v) is 12.0. The zero-order valence-electron chi connectivity index (χ0n) is 12.0. The molecule has 0 spiro atoms. The van der Waals surface area contributed by atoms with Crippen LogP contribution >= 0.6 is 0 Å². The van der Waals surface area contributed by atoms with E-state index >= 15 is 0 Å². The number of para-hydroxylation sites is 1. The van der Waals surface area contributed by atoms with Crippen molar-refractivity contribution in [1.29, 1.82) is 0 Å². The summed E-state index contributed by atoms with van der Waals surface area (Å²) >= 11 is 0. The van der Waals surface area contributed by atoms with Crippen molar-refractivity contribution in [2.45, 2.75) is 6.92 Å². The molecule has 0 bridgehead atoms. The van der Waals surface area contributed by atoms with Gasteiger partial charge in [-0.2, -0.15) is 5.10 Å². The molecule has 0 radical (unpaired) electrons. The predicted molar refractivity (Wildman–Crippen MR) is 84.8 cm³/mol. The molecule has 3 rings (SSSR count). The number of aromatic amines is 1. The van der Waals surface area contributed by atoms with Gasteiger partial charge >= 0.3 is 0 Å². The molecule has 1 aromatic heterocycles. The van der Waals surface area contributed by atoms with Gasteiger partial charge in [0.2, 0.25) is 0 Å². The minimum atomic E-state index is -0.280. The predicted octanol–water partition coefficient (Wildman–Crippen LogP) is 3.34. The summed E-state index contributed by atoms with van der Waals surface area (Å²) in [5, 5.41) is 19.4. The van der Waals surface area contributed by atoms with Crippen LogP contribution in [0.4, 0.5) is 5.69 Å². The van der Waals surface area contributed by atoms with Crippen LogP contribution in [0.15, 0.2) is 54.6 Å². The van der Waals surface area contributed by atoms with Crippen molar-refractivity contribution in [2.75, 3.05) is 5.32 Å². The first-order valence-electron chi connectivity index (χ1n) is 6.85. The Morgan fingerprint density at radius 1 is 1.14 bits per heavy atom. The number of rotatable bonds is 3. The summed E-state index contributed by atoms with van der Waals surface area (Å²) < 4.78 is 0. The molecule has 0 aliphatic heterocycles. The first kappa shape index (κ1) is 13.9. The van der Waals surface area contributed by atoms with Gasteiger partial charge in [0.1, 0.15) is 11.4 Å². The fraction of sp³-hybridized carbons (Fsp3) is 0.0588. The van der Waals surface area contributed by atoms with Crippen LogP contribution in [0.1, 0.15) is 16.1 Å². The lowest BCUT2D eigenvalue weighted by Gasteiger charge is -2.03. The number of carbonyl (C=O) groups excluding carboxylic acids is 1. The molecule has 1 heterocycles. The number of hydrogen-bond acceptors (Lipinski definition) is 3. The average molecular weight is 293 g/mol. The molecular weight excluding hydrogens is 278 g/mol. The van der Waals surface area contributed by atoms with Crippen LogP contribution in [0.25, 0.3) is 11.3 Å². The van der Waals surface area contributed by atoms with Crippen molar-refractivity contribution in [3.8, 4) is 17.0 Å². The molecule has 5 nitrogen and oxygen atoms in total. The van der Waals surface area contributed by atoms with Gasteiger partial charge in [0.15, 0.2) is 0 Å². The first-order chi connectivity index (χ1) is 10.6. The maximum absolute atomic E-state index is 12.2. The number of aryl methyl sites for hydroxylation is 1. The van der Waals surface area contributed by atoms with Crippen molar-refractivity contribution < 1.29 is 9.90 Å². The standard InChI is InChI=1S/C17H15N3O2/c1-11-6-8-12(9-7-11)18-17(22)15-10-14(19-20-15)13-4-2-3-5-16(13)21/h2-10,21H,1H3,(H,18,22)(H,19,20). The Morgan fingerprint density at radius 3 is 2.59 bits per heavy atom. The molecule has 0 aliphatic rings. The van der Waals surface area contributed by atoms with Crippen LogP contribution < -0.4 is 5.32 Å². The van der Waals surface area contributed by atoms with E-state index in [-0.39, 0.29) is 11.7 Å².